The number of pyridine rings is 1. The van der Waals surface area contributed by atoms with E-state index in [9.17, 15) is 19.2 Å². The van der Waals surface area contributed by atoms with Crippen molar-refractivity contribution >= 4 is 57.9 Å². The van der Waals surface area contributed by atoms with Gasteiger partial charge in [-0.25, -0.2) is 4.79 Å². The molecule has 0 radical (unpaired) electrons. The summed E-state index contributed by atoms with van der Waals surface area (Å²) in [6.07, 6.45) is 1.35. The summed E-state index contributed by atoms with van der Waals surface area (Å²) in [6, 6.07) is 8.11. The van der Waals surface area contributed by atoms with E-state index in [1.807, 2.05) is 6.07 Å². The molecule has 4 heterocycles. The lowest BCUT2D eigenvalue weighted by atomic mass is 9.96. The second-order valence-electron chi connectivity index (χ2n) is 9.28. The average Bonchev–Trinajstić information content (AvgIpc) is 3.63. The largest absolute Gasteiger partial charge is 0.465 e. The molecule has 0 bridgehead atoms. The molecule has 10 nitrogen and oxygen atoms in total. The van der Waals surface area contributed by atoms with Gasteiger partial charge in [0.2, 0.25) is 5.78 Å². The zero-order chi connectivity index (χ0) is 27.6. The third kappa shape index (κ3) is 5.77. The van der Waals surface area contributed by atoms with Crippen molar-refractivity contribution in [3.63, 3.8) is 0 Å². The van der Waals surface area contributed by atoms with Crippen LogP contribution < -0.4 is 10.9 Å². The van der Waals surface area contributed by atoms with Gasteiger partial charge in [0.25, 0.3) is 11.5 Å². The highest BCUT2D eigenvalue weighted by Crippen LogP contribution is 2.28. The molecule has 1 N–H and O–H groups in total. The summed E-state index contributed by atoms with van der Waals surface area (Å²) in [7, 11) is 1.20. The predicted molar refractivity (Wildman–Crippen MR) is 146 cm³/mol. The number of anilines is 1. The summed E-state index contributed by atoms with van der Waals surface area (Å²) in [5.74, 6) is -1.12. The van der Waals surface area contributed by atoms with Crippen LogP contribution in [-0.4, -0.2) is 43.5 Å². The van der Waals surface area contributed by atoms with Gasteiger partial charge in [-0.05, 0) is 35.8 Å². The number of aromatic nitrogens is 4. The van der Waals surface area contributed by atoms with Gasteiger partial charge in [-0.15, -0.1) is 11.3 Å². The SMILES string of the molecule is COC(=O)c1ccn(CC(=O)c2ccsn2)c(=O)c1-c1cc(NCc2ccc(Cl)s2)n(C(=O)C(C)(C)C)n1. The zero-order valence-electron chi connectivity index (χ0n) is 21.0. The maximum atomic E-state index is 13.6. The third-order valence-corrected chi connectivity index (χ3v) is 7.27. The summed E-state index contributed by atoms with van der Waals surface area (Å²) in [6.45, 7) is 5.31. The fraction of sp³-hybridized carbons (Fsp3) is 0.280. The first-order valence-electron chi connectivity index (χ1n) is 11.4. The van der Waals surface area contributed by atoms with Crippen molar-refractivity contribution in [1.82, 2.24) is 18.7 Å². The van der Waals surface area contributed by atoms with Crippen molar-refractivity contribution in [1.29, 1.82) is 0 Å². The number of nitrogens with zero attached hydrogens (tertiary/aromatic N) is 4. The summed E-state index contributed by atoms with van der Waals surface area (Å²) >= 11 is 8.55. The molecular formula is C25H24ClN5O5S2. The monoisotopic (exact) mass is 573 g/mol. The Morgan fingerprint density at radius 2 is 1.92 bits per heavy atom. The molecular weight excluding hydrogens is 550 g/mol. The Bertz CT molecular complexity index is 1560. The molecule has 0 aliphatic rings. The second kappa shape index (κ2) is 11.0. The number of carbonyl (C=O) groups is 3. The Morgan fingerprint density at radius 3 is 2.53 bits per heavy atom. The molecule has 0 saturated carbocycles. The molecule has 4 aromatic heterocycles. The molecule has 0 amide bonds. The Labute approximate surface area is 231 Å². The Balaban J connectivity index is 1.82. The molecule has 0 saturated heterocycles. The molecule has 0 unspecified atom stereocenters. The van der Waals surface area contributed by atoms with E-state index < -0.39 is 16.9 Å². The number of ether oxygens (including phenoxy) is 1. The van der Waals surface area contributed by atoms with E-state index in [4.69, 9.17) is 16.3 Å². The van der Waals surface area contributed by atoms with E-state index in [-0.39, 0.29) is 40.7 Å². The number of halogens is 1. The van der Waals surface area contributed by atoms with Crippen LogP contribution in [0.5, 0.6) is 0 Å². The minimum atomic E-state index is -0.798. The Kier molecular flexibility index (Phi) is 7.95. The van der Waals surface area contributed by atoms with Crippen molar-refractivity contribution in [3.05, 3.63) is 72.7 Å². The van der Waals surface area contributed by atoms with Crippen LogP contribution in [0.1, 0.15) is 51.3 Å². The van der Waals surface area contributed by atoms with Gasteiger partial charge in [-0.1, -0.05) is 32.4 Å². The smallest absolute Gasteiger partial charge is 0.338 e. The second-order valence-corrected chi connectivity index (χ2v) is 11.7. The van der Waals surface area contributed by atoms with Gasteiger partial charge in [-0.2, -0.15) is 14.2 Å². The molecule has 38 heavy (non-hydrogen) atoms. The topological polar surface area (TPSA) is 125 Å². The maximum Gasteiger partial charge on any atom is 0.338 e. The molecule has 0 atom stereocenters. The Morgan fingerprint density at radius 1 is 1.16 bits per heavy atom. The maximum absolute atomic E-state index is 13.6. The van der Waals surface area contributed by atoms with Crippen LogP contribution in [0, 0.1) is 5.41 Å². The zero-order valence-corrected chi connectivity index (χ0v) is 23.4. The molecule has 0 fully saturated rings. The number of hydrogen-bond donors (Lipinski definition) is 1. The number of rotatable bonds is 8. The molecule has 4 aromatic rings. The highest BCUT2D eigenvalue weighted by atomic mass is 35.5. The standard InChI is InChI=1S/C25H24ClN5O5S2/c1-25(2,3)24(35)31-20(27-12-14-5-6-19(26)38-14)11-17(28-31)21-15(23(34)36-4)7-9-30(22(21)33)13-18(32)16-8-10-37-29-16/h5-11,27H,12-13H2,1-4H3. The lowest BCUT2D eigenvalue weighted by Crippen LogP contribution is -2.29. The Hall–Kier alpha value is -3.61. The number of hydrogen-bond acceptors (Lipinski definition) is 10. The highest BCUT2D eigenvalue weighted by Gasteiger charge is 2.29. The van der Waals surface area contributed by atoms with Crippen molar-refractivity contribution in [2.24, 2.45) is 5.41 Å². The first kappa shape index (κ1) is 27.4. The number of methoxy groups -OCH3 is 1. The molecule has 198 valence electrons. The molecule has 4 rings (SSSR count). The minimum Gasteiger partial charge on any atom is -0.465 e. The summed E-state index contributed by atoms with van der Waals surface area (Å²) < 4.78 is 11.9. The van der Waals surface area contributed by atoms with Crippen molar-refractivity contribution in [2.75, 3.05) is 12.4 Å². The molecule has 0 spiro atoms. The van der Waals surface area contributed by atoms with Gasteiger partial charge < -0.3 is 14.6 Å². The normalized spacial score (nSPS) is 11.4. The van der Waals surface area contributed by atoms with E-state index in [0.717, 1.165) is 16.4 Å². The summed E-state index contributed by atoms with van der Waals surface area (Å²) in [5, 5.41) is 9.28. The molecule has 0 aliphatic carbocycles. The van der Waals surface area contributed by atoms with Gasteiger partial charge in [0, 0.05) is 27.9 Å². The molecule has 0 aliphatic heterocycles. The van der Waals surface area contributed by atoms with Crippen molar-refractivity contribution in [2.45, 2.75) is 33.9 Å². The van der Waals surface area contributed by atoms with Crippen molar-refractivity contribution in [3.8, 4) is 11.3 Å². The van der Waals surface area contributed by atoms with Gasteiger partial charge in [0.1, 0.15) is 17.2 Å². The lowest BCUT2D eigenvalue weighted by molar-refractivity contribution is 0.0601. The quantitative estimate of drug-likeness (QED) is 0.234. The van der Waals surface area contributed by atoms with Gasteiger partial charge in [-0.3, -0.25) is 14.4 Å². The minimum absolute atomic E-state index is 0.0423. The number of carbonyl (C=O) groups excluding carboxylic acids is 3. The molecule has 13 heteroatoms. The van der Waals surface area contributed by atoms with Crippen LogP contribution in [0.15, 0.2) is 46.7 Å². The third-order valence-electron chi connectivity index (χ3n) is 5.48. The number of thiophene rings is 1. The van der Waals surface area contributed by atoms with Crippen LogP contribution in [0.4, 0.5) is 5.82 Å². The van der Waals surface area contributed by atoms with Gasteiger partial charge >= 0.3 is 5.97 Å². The predicted octanol–water partition coefficient (Wildman–Crippen LogP) is 4.85. The van der Waals surface area contributed by atoms with E-state index in [0.29, 0.717) is 16.7 Å². The fourth-order valence-corrected chi connectivity index (χ4v) is 5.10. The van der Waals surface area contributed by atoms with E-state index in [2.05, 4.69) is 14.8 Å². The van der Waals surface area contributed by atoms with E-state index >= 15 is 0 Å². The molecule has 0 aromatic carbocycles. The van der Waals surface area contributed by atoms with E-state index in [1.165, 1.54) is 46.0 Å². The van der Waals surface area contributed by atoms with Crippen LogP contribution in [0.2, 0.25) is 4.34 Å². The number of Topliss-reactive ketones (excluding diaryl/α,β-unsaturated/α-hetero) is 1. The summed E-state index contributed by atoms with van der Waals surface area (Å²) in [5.41, 5.74) is -1.25. The van der Waals surface area contributed by atoms with Gasteiger partial charge in [0.15, 0.2) is 0 Å². The average molecular weight is 574 g/mol. The van der Waals surface area contributed by atoms with E-state index in [1.54, 1.807) is 38.3 Å². The van der Waals surface area contributed by atoms with Crippen LogP contribution in [0.25, 0.3) is 11.3 Å². The highest BCUT2D eigenvalue weighted by molar-refractivity contribution is 7.16. The number of nitrogens with one attached hydrogen (secondary N) is 1. The lowest BCUT2D eigenvalue weighted by Gasteiger charge is -2.18. The van der Waals surface area contributed by atoms with Gasteiger partial charge in [0.05, 0.1) is 35.7 Å². The van der Waals surface area contributed by atoms with Crippen LogP contribution in [0.3, 0.4) is 0 Å². The van der Waals surface area contributed by atoms with Crippen LogP contribution >= 0.6 is 34.5 Å². The summed E-state index contributed by atoms with van der Waals surface area (Å²) in [4.78, 5) is 53.0. The first-order valence-corrected chi connectivity index (χ1v) is 13.4. The van der Waals surface area contributed by atoms with Crippen molar-refractivity contribution < 1.29 is 19.1 Å². The number of esters is 1. The van der Waals surface area contributed by atoms with Crippen LogP contribution in [-0.2, 0) is 17.8 Å². The number of ketones is 1. The fourth-order valence-electron chi connectivity index (χ4n) is 3.54. The first-order chi connectivity index (χ1) is 18.0.